The third kappa shape index (κ3) is 2.64. The third-order valence-corrected chi connectivity index (χ3v) is 5.30. The average Bonchev–Trinajstić information content (AvgIpc) is 2.88. The Morgan fingerprint density at radius 3 is 2.73 bits per heavy atom. The Morgan fingerprint density at radius 2 is 2.00 bits per heavy atom. The lowest BCUT2D eigenvalue weighted by atomic mass is 9.84. The number of rotatable bonds is 2. The first-order chi connectivity index (χ1) is 10.5. The zero-order chi connectivity index (χ0) is 15.9. The van der Waals surface area contributed by atoms with Crippen molar-refractivity contribution in [3.63, 3.8) is 0 Å². The highest BCUT2D eigenvalue weighted by Crippen LogP contribution is 2.40. The lowest BCUT2D eigenvalue weighted by Crippen LogP contribution is -2.48. The quantitative estimate of drug-likeness (QED) is 0.872. The number of carbonyl (C=O) groups excluding carboxylic acids is 2. The first-order valence-corrected chi connectivity index (χ1v) is 8.35. The van der Waals surface area contributed by atoms with Gasteiger partial charge in [0.1, 0.15) is 11.9 Å². The maximum Gasteiger partial charge on any atom is 0.257 e. The van der Waals surface area contributed by atoms with Crippen LogP contribution in [0.25, 0.3) is 0 Å². The van der Waals surface area contributed by atoms with Crippen LogP contribution in [0.3, 0.4) is 0 Å². The standard InChI is InChI=1S/C16H18BrFN2O2/c17-10-5-6-12(18)11(8-10)16(22)20-13-4-2-1-3-9(13)7-14(20)15(19)21/h5-6,8-9,13-14H,1-4,7H2,(H2,19,21)/t9-,13+,14+/m1/s1. The molecule has 1 heterocycles. The van der Waals surface area contributed by atoms with E-state index >= 15 is 0 Å². The summed E-state index contributed by atoms with van der Waals surface area (Å²) in [6.07, 6.45) is 4.59. The van der Waals surface area contributed by atoms with Gasteiger partial charge < -0.3 is 10.6 Å². The van der Waals surface area contributed by atoms with Crippen LogP contribution < -0.4 is 5.73 Å². The van der Waals surface area contributed by atoms with Crippen LogP contribution in [0.4, 0.5) is 4.39 Å². The number of hydrogen-bond acceptors (Lipinski definition) is 2. The Morgan fingerprint density at radius 1 is 1.27 bits per heavy atom. The van der Waals surface area contributed by atoms with E-state index in [0.717, 1.165) is 25.7 Å². The number of primary amides is 1. The molecule has 3 rings (SSSR count). The molecule has 0 unspecified atom stereocenters. The summed E-state index contributed by atoms with van der Waals surface area (Å²) < 4.78 is 14.7. The summed E-state index contributed by atoms with van der Waals surface area (Å²) in [7, 11) is 0. The van der Waals surface area contributed by atoms with Crippen LogP contribution in [0.2, 0.25) is 0 Å². The number of nitrogens with zero attached hydrogens (tertiary/aromatic N) is 1. The fourth-order valence-electron chi connectivity index (χ4n) is 3.81. The summed E-state index contributed by atoms with van der Waals surface area (Å²) in [5.41, 5.74) is 5.48. The van der Waals surface area contributed by atoms with Crippen molar-refractivity contribution in [1.82, 2.24) is 4.90 Å². The van der Waals surface area contributed by atoms with Crippen LogP contribution in [-0.2, 0) is 4.79 Å². The fraction of sp³-hybridized carbons (Fsp3) is 0.500. The molecule has 1 aliphatic carbocycles. The van der Waals surface area contributed by atoms with Gasteiger partial charge in [-0.25, -0.2) is 4.39 Å². The largest absolute Gasteiger partial charge is 0.368 e. The van der Waals surface area contributed by atoms with Gasteiger partial charge >= 0.3 is 0 Å². The number of hydrogen-bond donors (Lipinski definition) is 1. The summed E-state index contributed by atoms with van der Waals surface area (Å²) in [5.74, 6) is -1.21. The van der Waals surface area contributed by atoms with Crippen molar-refractivity contribution in [3.05, 3.63) is 34.1 Å². The minimum absolute atomic E-state index is 0.00266. The summed E-state index contributed by atoms with van der Waals surface area (Å²) in [6.45, 7) is 0. The molecule has 0 spiro atoms. The average molecular weight is 369 g/mol. The topological polar surface area (TPSA) is 63.4 Å². The predicted molar refractivity (Wildman–Crippen MR) is 83.6 cm³/mol. The highest BCUT2D eigenvalue weighted by atomic mass is 79.9. The maximum absolute atomic E-state index is 14.0. The van der Waals surface area contributed by atoms with E-state index in [2.05, 4.69) is 15.9 Å². The monoisotopic (exact) mass is 368 g/mol. The highest BCUT2D eigenvalue weighted by Gasteiger charge is 2.47. The lowest BCUT2D eigenvalue weighted by molar-refractivity contribution is -0.122. The van der Waals surface area contributed by atoms with Gasteiger partial charge in [0.2, 0.25) is 5.91 Å². The highest BCUT2D eigenvalue weighted by molar-refractivity contribution is 9.10. The second-order valence-electron chi connectivity index (χ2n) is 6.10. The van der Waals surface area contributed by atoms with Gasteiger partial charge in [0.05, 0.1) is 5.56 Å². The molecule has 118 valence electrons. The van der Waals surface area contributed by atoms with Gasteiger partial charge in [0.25, 0.3) is 5.91 Å². The Balaban J connectivity index is 1.97. The van der Waals surface area contributed by atoms with Crippen molar-refractivity contribution in [2.45, 2.75) is 44.2 Å². The van der Waals surface area contributed by atoms with Crippen LogP contribution in [0.15, 0.2) is 22.7 Å². The molecule has 1 saturated carbocycles. The van der Waals surface area contributed by atoms with E-state index in [-0.39, 0.29) is 11.6 Å². The van der Waals surface area contributed by atoms with Crippen molar-refractivity contribution < 1.29 is 14.0 Å². The Hall–Kier alpha value is -1.43. The third-order valence-electron chi connectivity index (χ3n) is 4.81. The molecule has 4 nitrogen and oxygen atoms in total. The SMILES string of the molecule is NC(=O)[C@@H]1C[C@H]2CCCC[C@@H]2N1C(=O)c1cc(Br)ccc1F. The van der Waals surface area contributed by atoms with Gasteiger partial charge in [-0.3, -0.25) is 9.59 Å². The van der Waals surface area contributed by atoms with Gasteiger partial charge in [-0.15, -0.1) is 0 Å². The molecule has 2 N–H and O–H groups in total. The van der Waals surface area contributed by atoms with Gasteiger partial charge in [-0.1, -0.05) is 28.8 Å². The molecule has 1 saturated heterocycles. The molecule has 0 radical (unpaired) electrons. The second kappa shape index (κ2) is 5.99. The van der Waals surface area contributed by atoms with Crippen LogP contribution in [0.5, 0.6) is 0 Å². The number of halogens is 2. The van der Waals surface area contributed by atoms with E-state index in [0.29, 0.717) is 16.8 Å². The number of amides is 2. The zero-order valence-corrected chi connectivity index (χ0v) is 13.7. The van der Waals surface area contributed by atoms with Gasteiger partial charge in [0, 0.05) is 10.5 Å². The van der Waals surface area contributed by atoms with E-state index in [4.69, 9.17) is 5.73 Å². The molecule has 3 atom stereocenters. The fourth-order valence-corrected chi connectivity index (χ4v) is 4.17. The van der Waals surface area contributed by atoms with Crippen LogP contribution in [0, 0.1) is 11.7 Å². The normalized spacial score (nSPS) is 27.5. The van der Waals surface area contributed by atoms with E-state index in [9.17, 15) is 14.0 Å². The molecule has 2 fully saturated rings. The van der Waals surface area contributed by atoms with Gasteiger partial charge in [0.15, 0.2) is 0 Å². The lowest BCUT2D eigenvalue weighted by Gasteiger charge is -2.33. The van der Waals surface area contributed by atoms with Gasteiger partial charge in [-0.2, -0.15) is 0 Å². The van der Waals surface area contributed by atoms with Crippen molar-refractivity contribution in [2.24, 2.45) is 11.7 Å². The van der Waals surface area contributed by atoms with Crippen molar-refractivity contribution in [2.75, 3.05) is 0 Å². The molecule has 1 aromatic rings. The Kier molecular flexibility index (Phi) is 4.21. The van der Waals surface area contributed by atoms with Crippen molar-refractivity contribution in [1.29, 1.82) is 0 Å². The molecule has 2 amide bonds. The van der Waals surface area contributed by atoms with Crippen LogP contribution >= 0.6 is 15.9 Å². The first kappa shape index (κ1) is 15.5. The Labute approximate surface area is 137 Å². The summed E-state index contributed by atoms with van der Waals surface area (Å²) >= 11 is 3.26. The summed E-state index contributed by atoms with van der Waals surface area (Å²) in [4.78, 5) is 26.2. The van der Waals surface area contributed by atoms with E-state index in [1.165, 1.54) is 17.0 Å². The van der Waals surface area contributed by atoms with Crippen molar-refractivity contribution in [3.8, 4) is 0 Å². The minimum atomic E-state index is -0.626. The predicted octanol–water partition coefficient (Wildman–Crippen LogP) is 2.85. The van der Waals surface area contributed by atoms with Crippen LogP contribution in [0.1, 0.15) is 42.5 Å². The molecule has 1 aliphatic heterocycles. The molecule has 6 heteroatoms. The number of carbonyl (C=O) groups is 2. The minimum Gasteiger partial charge on any atom is -0.368 e. The second-order valence-corrected chi connectivity index (χ2v) is 7.02. The van der Waals surface area contributed by atoms with E-state index in [1.807, 2.05) is 0 Å². The molecule has 0 aromatic heterocycles. The smallest absolute Gasteiger partial charge is 0.257 e. The van der Waals surface area contributed by atoms with E-state index in [1.54, 1.807) is 6.07 Å². The zero-order valence-electron chi connectivity index (χ0n) is 12.1. The number of likely N-dealkylation sites (tertiary alicyclic amines) is 1. The number of nitrogens with two attached hydrogens (primary N) is 1. The van der Waals surface area contributed by atoms with Crippen LogP contribution in [-0.4, -0.2) is 28.8 Å². The molecule has 0 bridgehead atoms. The van der Waals surface area contributed by atoms with Gasteiger partial charge in [-0.05, 0) is 43.4 Å². The number of benzene rings is 1. The molecular weight excluding hydrogens is 351 g/mol. The first-order valence-electron chi connectivity index (χ1n) is 7.56. The molecular formula is C16H18BrFN2O2. The Bertz CT molecular complexity index is 622. The number of fused-ring (bicyclic) bond motifs is 1. The summed E-state index contributed by atoms with van der Waals surface area (Å²) in [5, 5.41) is 0. The molecule has 2 aliphatic rings. The maximum atomic E-state index is 14.0. The molecule has 1 aromatic carbocycles. The summed E-state index contributed by atoms with van der Waals surface area (Å²) in [6, 6.07) is 3.64. The molecule has 22 heavy (non-hydrogen) atoms. The van der Waals surface area contributed by atoms with Crippen molar-refractivity contribution >= 4 is 27.7 Å². The van der Waals surface area contributed by atoms with E-state index < -0.39 is 23.7 Å².